The van der Waals surface area contributed by atoms with Crippen molar-refractivity contribution in [3.8, 4) is 6.07 Å². The van der Waals surface area contributed by atoms with E-state index in [2.05, 4.69) is 9.97 Å². The smallest absolute Gasteiger partial charge is 0.223 e. The largest absolute Gasteiger partial charge is 0.400 e. The Morgan fingerprint density at radius 1 is 1.38 bits per heavy atom. The molecule has 136 valence electrons. The van der Waals surface area contributed by atoms with E-state index in [9.17, 15) is 0 Å². The van der Waals surface area contributed by atoms with Crippen molar-refractivity contribution in [3.05, 3.63) is 10.7 Å². The van der Waals surface area contributed by atoms with Crippen LogP contribution >= 0.6 is 11.6 Å². The van der Waals surface area contributed by atoms with E-state index in [-0.39, 0.29) is 36.5 Å². The van der Waals surface area contributed by atoms with Gasteiger partial charge in [-0.3, -0.25) is 0 Å². The van der Waals surface area contributed by atoms with Crippen molar-refractivity contribution in [2.24, 2.45) is 0 Å². The Bertz CT molecular complexity index is 539. The van der Waals surface area contributed by atoms with E-state index in [1.807, 2.05) is 19.9 Å². The fourth-order valence-electron chi connectivity index (χ4n) is 2.23. The Kier molecular flexibility index (Phi) is 11.0. The molecule has 2 heterocycles. The summed E-state index contributed by atoms with van der Waals surface area (Å²) < 4.78 is 5.69. The summed E-state index contributed by atoms with van der Waals surface area (Å²) in [6, 6.07) is 2.04. The van der Waals surface area contributed by atoms with Gasteiger partial charge in [0.15, 0.2) is 0 Å². The molecule has 0 amide bonds. The first-order chi connectivity index (χ1) is 11.6. The average molecular weight is 360 g/mol. The van der Waals surface area contributed by atoms with Crippen LogP contribution in [0.2, 0.25) is 5.15 Å². The lowest BCUT2D eigenvalue weighted by molar-refractivity contribution is 0.0124. The van der Waals surface area contributed by atoms with Gasteiger partial charge in [0.1, 0.15) is 17.2 Å². The van der Waals surface area contributed by atoms with E-state index in [1.165, 1.54) is 0 Å². The summed E-state index contributed by atoms with van der Waals surface area (Å²) in [4.78, 5) is 9.81. The van der Waals surface area contributed by atoms with Gasteiger partial charge in [-0.1, -0.05) is 25.4 Å². The number of nitriles is 1. The van der Waals surface area contributed by atoms with E-state index in [1.54, 1.807) is 11.9 Å². The number of hydrogen-bond acceptors (Lipinski definition) is 8. The van der Waals surface area contributed by atoms with Gasteiger partial charge in [-0.2, -0.15) is 10.2 Å². The number of nitrogen functional groups attached to an aromatic ring is 1. The van der Waals surface area contributed by atoms with Gasteiger partial charge in [0, 0.05) is 19.7 Å². The fourth-order valence-corrected chi connectivity index (χ4v) is 2.46. The van der Waals surface area contributed by atoms with Crippen LogP contribution < -0.4 is 10.6 Å². The van der Waals surface area contributed by atoms with Crippen molar-refractivity contribution in [3.63, 3.8) is 0 Å². The summed E-state index contributed by atoms with van der Waals surface area (Å²) in [6.07, 6.45) is 1.23. The number of aliphatic hydroxyl groups is 2. The zero-order valence-electron chi connectivity index (χ0n) is 14.5. The van der Waals surface area contributed by atoms with Crippen LogP contribution in [0.25, 0.3) is 0 Å². The highest BCUT2D eigenvalue weighted by Gasteiger charge is 2.30. The molecule has 0 saturated carbocycles. The van der Waals surface area contributed by atoms with Crippen LogP contribution in [-0.2, 0) is 11.2 Å². The summed E-state index contributed by atoms with van der Waals surface area (Å²) in [7, 11) is 2.80. The topological polar surface area (TPSA) is 129 Å². The number of anilines is 2. The van der Waals surface area contributed by atoms with Gasteiger partial charge in [-0.25, -0.2) is 4.98 Å². The van der Waals surface area contributed by atoms with Crippen LogP contribution in [0.3, 0.4) is 0 Å². The molecule has 1 saturated heterocycles. The third kappa shape index (κ3) is 5.76. The lowest BCUT2D eigenvalue weighted by atomic mass is 10.2. The Morgan fingerprint density at radius 2 is 2.00 bits per heavy atom. The van der Waals surface area contributed by atoms with Crippen molar-refractivity contribution in [2.75, 3.05) is 31.4 Å². The number of rotatable bonds is 4. The highest BCUT2D eigenvalue weighted by Crippen LogP contribution is 2.30. The maximum Gasteiger partial charge on any atom is 0.223 e. The number of ether oxygens (including phenoxy) is 1. The second-order valence-electron chi connectivity index (χ2n) is 4.59. The molecule has 24 heavy (non-hydrogen) atoms. The molecule has 8 nitrogen and oxygen atoms in total. The molecule has 0 bridgehead atoms. The molecule has 4 N–H and O–H groups in total. The number of aliphatic hydroxyl groups excluding tert-OH is 2. The van der Waals surface area contributed by atoms with E-state index < -0.39 is 0 Å². The molecule has 1 fully saturated rings. The Morgan fingerprint density at radius 3 is 2.50 bits per heavy atom. The lowest BCUT2D eigenvalue weighted by Crippen LogP contribution is -2.34. The molecule has 2 rings (SSSR count). The average Bonchev–Trinajstić information content (AvgIpc) is 3.09. The molecule has 1 aliphatic rings. The summed E-state index contributed by atoms with van der Waals surface area (Å²) in [5.41, 5.74) is 6.15. The van der Waals surface area contributed by atoms with E-state index in [4.69, 9.17) is 37.5 Å². The maximum absolute atomic E-state index is 9.11. The number of aromatic nitrogens is 2. The minimum atomic E-state index is -0.227. The highest BCUT2D eigenvalue weighted by molar-refractivity contribution is 6.30. The first-order valence-electron chi connectivity index (χ1n) is 7.69. The number of nitrogens with zero attached hydrogens (tertiary/aromatic N) is 4. The summed E-state index contributed by atoms with van der Waals surface area (Å²) >= 11 is 6.03. The summed E-state index contributed by atoms with van der Waals surface area (Å²) in [5, 5.41) is 25.2. The van der Waals surface area contributed by atoms with Gasteiger partial charge in [0.05, 0.1) is 25.2 Å². The molecule has 1 aliphatic heterocycles. The molecular weight excluding hydrogens is 334 g/mol. The van der Waals surface area contributed by atoms with Crippen molar-refractivity contribution < 1.29 is 14.9 Å². The van der Waals surface area contributed by atoms with Crippen LogP contribution in [0.1, 0.15) is 32.3 Å². The standard InChI is InChI=1S/C12H16ClN5O2.C2H6.CH4O/c1-18(9-3-2-7(6-19)20-9)11-8(4-5-14)10(13)16-12(15)17-11;2*1-2/h7,9,19H,2-4,6H2,1H3,(H2,15,16,17);1-2H3;2H,1H3. The quantitative estimate of drug-likeness (QED) is 0.687. The zero-order chi connectivity index (χ0) is 18.7. The first kappa shape index (κ1) is 22.3. The Hall–Kier alpha value is -1.66. The van der Waals surface area contributed by atoms with Gasteiger partial charge in [-0.15, -0.1) is 0 Å². The molecule has 0 aromatic carbocycles. The number of nitrogens with two attached hydrogens (primary N) is 1. The SMILES string of the molecule is CC.CN(c1nc(N)nc(Cl)c1CC#N)C1CCC(CO)O1.CO. The number of halogens is 1. The van der Waals surface area contributed by atoms with Crippen molar-refractivity contribution in [1.29, 1.82) is 5.26 Å². The highest BCUT2D eigenvalue weighted by atomic mass is 35.5. The lowest BCUT2D eigenvalue weighted by Gasteiger charge is -2.27. The Labute approximate surface area is 147 Å². The second-order valence-corrected chi connectivity index (χ2v) is 4.95. The molecule has 0 radical (unpaired) electrons. The van der Waals surface area contributed by atoms with Crippen molar-refractivity contribution in [2.45, 2.75) is 45.4 Å². The molecule has 0 spiro atoms. The van der Waals surface area contributed by atoms with Crippen LogP contribution in [-0.4, -0.2) is 53.3 Å². The van der Waals surface area contributed by atoms with Crippen molar-refractivity contribution >= 4 is 23.4 Å². The molecule has 2 unspecified atom stereocenters. The Balaban J connectivity index is 0.00000123. The molecule has 9 heteroatoms. The first-order valence-corrected chi connectivity index (χ1v) is 8.07. The van der Waals surface area contributed by atoms with Crippen molar-refractivity contribution in [1.82, 2.24) is 9.97 Å². The van der Waals surface area contributed by atoms with Gasteiger partial charge in [0.25, 0.3) is 0 Å². The second kappa shape index (κ2) is 11.8. The third-order valence-corrected chi connectivity index (χ3v) is 3.58. The van der Waals surface area contributed by atoms with Crippen LogP contribution in [0.15, 0.2) is 0 Å². The molecule has 1 aromatic heterocycles. The third-order valence-electron chi connectivity index (χ3n) is 3.26. The fraction of sp³-hybridized carbons (Fsp3) is 0.667. The van der Waals surface area contributed by atoms with Gasteiger partial charge < -0.3 is 25.6 Å². The van der Waals surface area contributed by atoms with Crippen LogP contribution in [0.5, 0.6) is 0 Å². The van der Waals surface area contributed by atoms with Gasteiger partial charge in [0.2, 0.25) is 5.95 Å². The predicted octanol–water partition coefficient (Wildman–Crippen LogP) is 1.35. The van der Waals surface area contributed by atoms with E-state index >= 15 is 0 Å². The van der Waals surface area contributed by atoms with Gasteiger partial charge in [-0.05, 0) is 12.8 Å². The molecule has 2 atom stereocenters. The predicted molar refractivity (Wildman–Crippen MR) is 93.6 cm³/mol. The zero-order valence-corrected chi connectivity index (χ0v) is 15.3. The van der Waals surface area contributed by atoms with E-state index in [0.29, 0.717) is 11.4 Å². The summed E-state index contributed by atoms with van der Waals surface area (Å²) in [6.45, 7) is 3.99. The van der Waals surface area contributed by atoms with Crippen LogP contribution in [0.4, 0.5) is 11.8 Å². The summed E-state index contributed by atoms with van der Waals surface area (Å²) in [5.74, 6) is 0.544. The number of hydrogen-bond donors (Lipinski definition) is 3. The normalized spacial score (nSPS) is 18.6. The van der Waals surface area contributed by atoms with Crippen LogP contribution in [0, 0.1) is 11.3 Å². The maximum atomic E-state index is 9.11. The molecular formula is C15H26ClN5O3. The molecule has 1 aromatic rings. The molecule has 0 aliphatic carbocycles. The monoisotopic (exact) mass is 359 g/mol. The van der Waals surface area contributed by atoms with E-state index in [0.717, 1.165) is 20.0 Å². The minimum Gasteiger partial charge on any atom is -0.400 e. The van der Waals surface area contributed by atoms with Gasteiger partial charge >= 0.3 is 0 Å². The minimum absolute atomic E-state index is 0.0118.